The van der Waals surface area contributed by atoms with E-state index in [9.17, 15) is 8.42 Å². The van der Waals surface area contributed by atoms with Crippen LogP contribution in [0.4, 0.5) is 0 Å². The molecule has 0 bridgehead atoms. The third kappa shape index (κ3) is 3.41. The normalized spacial score (nSPS) is 11.5. The Kier molecular flexibility index (Phi) is 3.24. The van der Waals surface area contributed by atoms with E-state index in [1.807, 2.05) is 6.92 Å². The average molecular weight is 204 g/mol. The van der Waals surface area contributed by atoms with Gasteiger partial charge in [0.25, 0.3) is 0 Å². The van der Waals surface area contributed by atoms with Gasteiger partial charge in [-0.2, -0.15) is 0 Å². The van der Waals surface area contributed by atoms with Crippen molar-refractivity contribution < 1.29 is 8.42 Å². The zero-order chi connectivity index (χ0) is 9.73. The molecule has 0 aliphatic heterocycles. The van der Waals surface area contributed by atoms with Crippen molar-refractivity contribution in [1.29, 1.82) is 0 Å². The molecule has 1 aromatic rings. The molecule has 13 heavy (non-hydrogen) atoms. The van der Waals surface area contributed by atoms with Crippen LogP contribution in [0.3, 0.4) is 0 Å². The number of nitrogens with zero attached hydrogens (tertiary/aromatic N) is 3. The van der Waals surface area contributed by atoms with Gasteiger partial charge in [0, 0.05) is 0 Å². The zero-order valence-corrected chi connectivity index (χ0v) is 8.16. The second-order valence-corrected chi connectivity index (χ2v) is 4.45. The van der Waals surface area contributed by atoms with Crippen LogP contribution in [0.1, 0.15) is 19.8 Å². The lowest BCUT2D eigenvalue weighted by atomic mass is 10.4. The molecule has 0 aliphatic rings. The molecular formula is C6H12N4O2S. The fourth-order valence-electron chi connectivity index (χ4n) is 0.788. The van der Waals surface area contributed by atoms with Crippen LogP contribution in [0, 0.1) is 0 Å². The summed E-state index contributed by atoms with van der Waals surface area (Å²) in [5, 5.41) is 6.95. The van der Waals surface area contributed by atoms with Crippen molar-refractivity contribution in [1.82, 2.24) is 14.9 Å². The van der Waals surface area contributed by atoms with Crippen LogP contribution in [0.2, 0.25) is 0 Å². The van der Waals surface area contributed by atoms with Gasteiger partial charge in [-0.25, -0.2) is 17.9 Å². The predicted octanol–water partition coefficient (Wildman–Crippen LogP) is -0.0485. The van der Waals surface area contributed by atoms with Gasteiger partial charge >= 0.3 is 0 Å². The summed E-state index contributed by atoms with van der Waals surface area (Å²) in [4.78, 5) is 2.30. The first-order chi connectivity index (χ1) is 6.14. The minimum atomic E-state index is -3.23. The van der Waals surface area contributed by atoms with E-state index in [4.69, 9.17) is 0 Å². The summed E-state index contributed by atoms with van der Waals surface area (Å²) in [6.45, 7) is 1.94. The highest BCUT2D eigenvalue weighted by Gasteiger charge is 2.08. The fraction of sp³-hybridized carbons (Fsp3) is 0.667. The molecule has 7 heteroatoms. The maximum Gasteiger partial charge on any atom is 0.246 e. The van der Waals surface area contributed by atoms with E-state index in [0.29, 0.717) is 6.42 Å². The molecular weight excluding hydrogens is 192 g/mol. The van der Waals surface area contributed by atoms with Crippen LogP contribution in [-0.2, 0) is 10.0 Å². The summed E-state index contributed by atoms with van der Waals surface area (Å²) < 4.78 is 23.8. The Balaban J connectivity index is 2.53. The van der Waals surface area contributed by atoms with Crippen molar-refractivity contribution in [3.8, 4) is 0 Å². The second-order valence-electron chi connectivity index (χ2n) is 2.63. The molecule has 0 aromatic carbocycles. The summed E-state index contributed by atoms with van der Waals surface area (Å²) in [7, 11) is -3.23. The largest absolute Gasteiger partial charge is 0.246 e. The highest BCUT2D eigenvalue weighted by molar-refractivity contribution is 7.92. The Morgan fingerprint density at radius 3 is 2.54 bits per heavy atom. The number of nitrogens with one attached hydrogen (secondary N) is 1. The summed E-state index contributed by atoms with van der Waals surface area (Å²) in [6, 6.07) is 0. The number of sulfonamides is 1. The standard InChI is InChI=1S/C6H12N4O2S/c1-2-3-4-13(11,12)9-10-5-7-8-6-10/h5-6,9H,2-4H2,1H3. The smallest absolute Gasteiger partial charge is 0.221 e. The second kappa shape index (κ2) is 4.22. The van der Waals surface area contributed by atoms with Crippen molar-refractivity contribution in [2.45, 2.75) is 19.8 Å². The van der Waals surface area contributed by atoms with Crippen LogP contribution in [0.15, 0.2) is 12.7 Å². The molecule has 74 valence electrons. The van der Waals surface area contributed by atoms with E-state index in [-0.39, 0.29) is 5.75 Å². The lowest BCUT2D eigenvalue weighted by Gasteiger charge is -2.05. The molecule has 0 aliphatic carbocycles. The molecule has 0 spiro atoms. The van der Waals surface area contributed by atoms with Crippen molar-refractivity contribution in [3.63, 3.8) is 0 Å². The fourth-order valence-corrected chi connectivity index (χ4v) is 1.96. The minimum Gasteiger partial charge on any atom is -0.221 e. The van der Waals surface area contributed by atoms with Crippen LogP contribution >= 0.6 is 0 Å². The van der Waals surface area contributed by atoms with E-state index >= 15 is 0 Å². The Bertz CT molecular complexity index is 332. The Hall–Kier alpha value is -1.11. The Morgan fingerprint density at radius 2 is 2.00 bits per heavy atom. The van der Waals surface area contributed by atoms with E-state index in [1.54, 1.807) is 0 Å². The molecule has 0 fully saturated rings. The maximum atomic E-state index is 11.3. The molecule has 0 saturated carbocycles. The van der Waals surface area contributed by atoms with Crippen LogP contribution < -0.4 is 4.83 Å². The lowest BCUT2D eigenvalue weighted by Crippen LogP contribution is -2.24. The lowest BCUT2D eigenvalue weighted by molar-refractivity contribution is 0.592. The molecule has 1 heterocycles. The molecule has 0 unspecified atom stereocenters. The van der Waals surface area contributed by atoms with Gasteiger partial charge < -0.3 is 0 Å². The predicted molar refractivity (Wildman–Crippen MR) is 48.1 cm³/mol. The first-order valence-corrected chi connectivity index (χ1v) is 5.64. The molecule has 1 rings (SSSR count). The average Bonchev–Trinajstić information content (AvgIpc) is 2.52. The zero-order valence-electron chi connectivity index (χ0n) is 7.34. The van der Waals surface area contributed by atoms with Gasteiger partial charge in [-0.15, -0.1) is 10.2 Å². The highest BCUT2D eigenvalue weighted by Crippen LogP contribution is 1.94. The molecule has 0 atom stereocenters. The topological polar surface area (TPSA) is 76.9 Å². The summed E-state index contributed by atoms with van der Waals surface area (Å²) in [6.07, 6.45) is 4.09. The summed E-state index contributed by atoms with van der Waals surface area (Å²) >= 11 is 0. The quantitative estimate of drug-likeness (QED) is 0.729. The highest BCUT2D eigenvalue weighted by atomic mass is 32.2. The summed E-state index contributed by atoms with van der Waals surface area (Å²) in [5.74, 6) is 0.127. The van der Waals surface area contributed by atoms with E-state index in [0.717, 1.165) is 6.42 Å². The van der Waals surface area contributed by atoms with Gasteiger partial charge in [0.05, 0.1) is 5.75 Å². The van der Waals surface area contributed by atoms with Gasteiger partial charge in [0.2, 0.25) is 10.0 Å². The minimum absolute atomic E-state index is 0.127. The first-order valence-electron chi connectivity index (χ1n) is 3.99. The number of unbranched alkanes of at least 4 members (excludes halogenated alkanes) is 1. The Morgan fingerprint density at radius 1 is 1.38 bits per heavy atom. The third-order valence-corrected chi connectivity index (χ3v) is 2.74. The number of rotatable bonds is 5. The molecule has 0 radical (unpaired) electrons. The summed E-state index contributed by atoms with van der Waals surface area (Å²) in [5.41, 5.74) is 0. The van der Waals surface area contributed by atoms with E-state index in [2.05, 4.69) is 15.0 Å². The van der Waals surface area contributed by atoms with Gasteiger partial charge in [-0.3, -0.25) is 0 Å². The van der Waals surface area contributed by atoms with E-state index < -0.39 is 10.0 Å². The van der Waals surface area contributed by atoms with Gasteiger partial charge in [-0.05, 0) is 6.42 Å². The third-order valence-electron chi connectivity index (χ3n) is 1.43. The van der Waals surface area contributed by atoms with Crippen molar-refractivity contribution in [2.75, 3.05) is 10.6 Å². The molecule has 0 amide bonds. The number of hydrogen-bond donors (Lipinski definition) is 1. The Labute approximate surface area is 77.0 Å². The van der Waals surface area contributed by atoms with Crippen molar-refractivity contribution in [3.05, 3.63) is 12.7 Å². The van der Waals surface area contributed by atoms with Gasteiger partial charge in [0.1, 0.15) is 12.7 Å². The SMILES string of the molecule is CCCCS(=O)(=O)Nn1cnnc1. The maximum absolute atomic E-state index is 11.3. The number of aromatic nitrogens is 3. The van der Waals surface area contributed by atoms with Gasteiger partial charge in [0.15, 0.2) is 0 Å². The van der Waals surface area contributed by atoms with E-state index in [1.165, 1.54) is 17.3 Å². The molecule has 1 aromatic heterocycles. The number of hydrogen-bond acceptors (Lipinski definition) is 4. The van der Waals surface area contributed by atoms with Crippen molar-refractivity contribution >= 4 is 10.0 Å². The molecule has 0 saturated heterocycles. The van der Waals surface area contributed by atoms with Crippen LogP contribution in [0.25, 0.3) is 0 Å². The van der Waals surface area contributed by atoms with Crippen molar-refractivity contribution in [2.24, 2.45) is 0 Å². The molecule has 1 N–H and O–H groups in total. The molecule has 6 nitrogen and oxygen atoms in total. The van der Waals surface area contributed by atoms with Gasteiger partial charge in [-0.1, -0.05) is 13.3 Å². The monoisotopic (exact) mass is 204 g/mol. The van der Waals surface area contributed by atoms with Crippen LogP contribution in [-0.4, -0.2) is 29.0 Å². The first kappa shape index (κ1) is 9.97. The van der Waals surface area contributed by atoms with Crippen LogP contribution in [0.5, 0.6) is 0 Å².